The Kier molecular flexibility index (Phi) is 7.34. The van der Waals surface area contributed by atoms with Crippen molar-refractivity contribution in [2.45, 2.75) is 51.6 Å². The fraction of sp³-hybridized carbons (Fsp3) is 0.381. The van der Waals surface area contributed by atoms with Gasteiger partial charge in [0.2, 0.25) is 0 Å². The highest BCUT2D eigenvalue weighted by Crippen LogP contribution is 2.27. The van der Waals surface area contributed by atoms with Gasteiger partial charge < -0.3 is 9.84 Å². The third kappa shape index (κ3) is 5.73. The molecule has 3 heteroatoms. The largest absolute Gasteiger partial charge is 0.506 e. The van der Waals surface area contributed by atoms with Gasteiger partial charge in [0.05, 0.1) is 0 Å². The molecule has 0 saturated heterocycles. The number of carbonyl (C=O) groups is 1. The van der Waals surface area contributed by atoms with Crippen LogP contribution >= 0.6 is 0 Å². The molecule has 2 aromatic rings. The predicted molar refractivity (Wildman–Crippen MR) is 96.3 cm³/mol. The molecule has 0 aliphatic rings. The van der Waals surface area contributed by atoms with E-state index < -0.39 is 12.3 Å². The summed E-state index contributed by atoms with van der Waals surface area (Å²) in [5.41, 5.74) is 3.25. The first-order chi connectivity index (χ1) is 11.7. The van der Waals surface area contributed by atoms with Crippen molar-refractivity contribution < 1.29 is 14.6 Å². The maximum absolute atomic E-state index is 11.2. The molecular formula is C21H26O3. The number of unbranched alkanes of at least 4 members (excludes halogenated alkanes) is 3. The van der Waals surface area contributed by atoms with Crippen LogP contribution in [0.15, 0.2) is 54.6 Å². The highest BCUT2D eigenvalue weighted by atomic mass is 16.7. The predicted octanol–water partition coefficient (Wildman–Crippen LogP) is 5.79. The normalized spacial score (nSPS) is 11.9. The van der Waals surface area contributed by atoms with Crippen LogP contribution in [0.3, 0.4) is 0 Å². The molecule has 0 fully saturated rings. The van der Waals surface area contributed by atoms with Crippen LogP contribution < -0.4 is 0 Å². The highest BCUT2D eigenvalue weighted by molar-refractivity contribution is 5.57. The lowest BCUT2D eigenvalue weighted by molar-refractivity contribution is 0.0510. The van der Waals surface area contributed by atoms with Crippen molar-refractivity contribution in [3.63, 3.8) is 0 Å². The van der Waals surface area contributed by atoms with E-state index in [9.17, 15) is 4.79 Å². The summed E-state index contributed by atoms with van der Waals surface area (Å²) < 4.78 is 5.23. The van der Waals surface area contributed by atoms with E-state index in [0.717, 1.165) is 24.0 Å². The molecule has 0 radical (unpaired) electrons. The average molecular weight is 326 g/mol. The van der Waals surface area contributed by atoms with Crippen molar-refractivity contribution in [1.82, 2.24) is 0 Å². The van der Waals surface area contributed by atoms with Crippen molar-refractivity contribution in [1.29, 1.82) is 0 Å². The van der Waals surface area contributed by atoms with Crippen LogP contribution in [0.25, 0.3) is 0 Å². The lowest BCUT2D eigenvalue weighted by Gasteiger charge is -2.20. The summed E-state index contributed by atoms with van der Waals surface area (Å²) >= 11 is 0. The Bertz CT molecular complexity index is 622. The Labute approximate surface area is 144 Å². The minimum atomic E-state index is -1.23. The van der Waals surface area contributed by atoms with E-state index in [0.29, 0.717) is 6.42 Å². The maximum Gasteiger partial charge on any atom is 0.506 e. The van der Waals surface area contributed by atoms with Gasteiger partial charge in [-0.15, -0.1) is 0 Å². The third-order valence-electron chi connectivity index (χ3n) is 4.21. The van der Waals surface area contributed by atoms with Gasteiger partial charge in [0.15, 0.2) is 0 Å². The fourth-order valence-corrected chi connectivity index (χ4v) is 2.98. The third-order valence-corrected chi connectivity index (χ3v) is 4.21. The molecule has 0 aliphatic carbocycles. The SMILES string of the molecule is CCCCCCc1ccccc1C(Cc1ccccc1)OC(=O)O. The molecule has 0 aromatic heterocycles. The quantitative estimate of drug-likeness (QED) is 0.469. The zero-order chi connectivity index (χ0) is 17.2. The van der Waals surface area contributed by atoms with Crippen LogP contribution in [-0.4, -0.2) is 11.3 Å². The van der Waals surface area contributed by atoms with Gasteiger partial charge in [-0.25, -0.2) is 4.79 Å². The van der Waals surface area contributed by atoms with Crippen molar-refractivity contribution in [2.75, 3.05) is 0 Å². The first kappa shape index (κ1) is 18.1. The number of carboxylic acid groups (broad SMARTS) is 1. The molecule has 2 aromatic carbocycles. The summed E-state index contributed by atoms with van der Waals surface area (Å²) in [6.07, 6.45) is 4.60. The van der Waals surface area contributed by atoms with E-state index in [4.69, 9.17) is 9.84 Å². The Balaban J connectivity index is 2.17. The molecule has 0 saturated carbocycles. The number of aryl methyl sites for hydroxylation is 1. The van der Waals surface area contributed by atoms with E-state index in [1.807, 2.05) is 48.5 Å². The second kappa shape index (κ2) is 9.76. The summed E-state index contributed by atoms with van der Waals surface area (Å²) in [5, 5.41) is 9.14. The molecule has 128 valence electrons. The van der Waals surface area contributed by atoms with Crippen LogP contribution in [-0.2, 0) is 17.6 Å². The van der Waals surface area contributed by atoms with Gasteiger partial charge in [0.1, 0.15) is 6.10 Å². The molecular weight excluding hydrogens is 300 g/mol. The minimum absolute atomic E-state index is 0.465. The van der Waals surface area contributed by atoms with Crippen LogP contribution in [0.2, 0.25) is 0 Å². The highest BCUT2D eigenvalue weighted by Gasteiger charge is 2.19. The summed E-state index contributed by atoms with van der Waals surface area (Å²) in [4.78, 5) is 11.2. The molecule has 1 unspecified atom stereocenters. The zero-order valence-electron chi connectivity index (χ0n) is 14.3. The van der Waals surface area contributed by atoms with Crippen LogP contribution in [0.1, 0.15) is 55.4 Å². The molecule has 0 spiro atoms. The lowest BCUT2D eigenvalue weighted by Crippen LogP contribution is -2.14. The summed E-state index contributed by atoms with van der Waals surface area (Å²) in [7, 11) is 0. The smallest absolute Gasteiger partial charge is 0.450 e. The number of hydrogen-bond donors (Lipinski definition) is 1. The van der Waals surface area contributed by atoms with Gasteiger partial charge >= 0.3 is 6.16 Å². The second-order valence-corrected chi connectivity index (χ2v) is 6.07. The minimum Gasteiger partial charge on any atom is -0.450 e. The maximum atomic E-state index is 11.2. The molecule has 0 aliphatic heterocycles. The Morgan fingerprint density at radius 2 is 1.71 bits per heavy atom. The lowest BCUT2D eigenvalue weighted by atomic mass is 9.94. The molecule has 24 heavy (non-hydrogen) atoms. The number of hydrogen-bond acceptors (Lipinski definition) is 2. The van der Waals surface area contributed by atoms with E-state index in [1.54, 1.807) is 0 Å². The summed E-state index contributed by atoms with van der Waals surface area (Å²) in [6, 6.07) is 17.9. The fourth-order valence-electron chi connectivity index (χ4n) is 2.98. The number of ether oxygens (including phenoxy) is 1. The van der Waals surface area contributed by atoms with E-state index >= 15 is 0 Å². The monoisotopic (exact) mass is 326 g/mol. The van der Waals surface area contributed by atoms with E-state index in [1.165, 1.54) is 24.8 Å². The average Bonchev–Trinajstić information content (AvgIpc) is 2.59. The molecule has 0 amide bonds. The molecule has 2 rings (SSSR count). The summed E-state index contributed by atoms with van der Waals surface area (Å²) in [6.45, 7) is 2.20. The van der Waals surface area contributed by atoms with Gasteiger partial charge in [-0.2, -0.15) is 0 Å². The van der Waals surface area contributed by atoms with Crippen molar-refractivity contribution >= 4 is 6.16 Å². The first-order valence-corrected chi connectivity index (χ1v) is 8.72. The van der Waals surface area contributed by atoms with E-state index in [-0.39, 0.29) is 0 Å². The van der Waals surface area contributed by atoms with E-state index in [2.05, 4.69) is 13.0 Å². The number of benzene rings is 2. The molecule has 3 nitrogen and oxygen atoms in total. The summed E-state index contributed by atoms with van der Waals surface area (Å²) in [5.74, 6) is 0. The Morgan fingerprint density at radius 3 is 2.42 bits per heavy atom. The van der Waals surface area contributed by atoms with Gasteiger partial charge in [0.25, 0.3) is 0 Å². The molecule has 1 atom stereocenters. The van der Waals surface area contributed by atoms with Crippen LogP contribution in [0.5, 0.6) is 0 Å². The van der Waals surface area contributed by atoms with Crippen molar-refractivity contribution in [3.05, 3.63) is 71.3 Å². The van der Waals surface area contributed by atoms with Crippen LogP contribution in [0, 0.1) is 0 Å². The van der Waals surface area contributed by atoms with Crippen molar-refractivity contribution in [2.24, 2.45) is 0 Å². The van der Waals surface area contributed by atoms with Gasteiger partial charge in [-0.3, -0.25) is 0 Å². The molecule has 0 heterocycles. The zero-order valence-corrected chi connectivity index (χ0v) is 14.3. The number of rotatable bonds is 9. The van der Waals surface area contributed by atoms with Crippen molar-refractivity contribution in [3.8, 4) is 0 Å². The topological polar surface area (TPSA) is 46.5 Å². The standard InChI is InChI=1S/C21H26O3/c1-2-3-4-8-13-18-14-9-10-15-19(18)20(24-21(22)23)16-17-11-6-5-7-12-17/h5-7,9-12,14-15,20H,2-4,8,13,16H2,1H3,(H,22,23). The van der Waals surface area contributed by atoms with Gasteiger partial charge in [0, 0.05) is 6.42 Å². The second-order valence-electron chi connectivity index (χ2n) is 6.07. The Hall–Kier alpha value is -2.29. The van der Waals surface area contributed by atoms with Gasteiger partial charge in [-0.05, 0) is 29.5 Å². The Morgan fingerprint density at radius 1 is 1.00 bits per heavy atom. The molecule has 0 bridgehead atoms. The van der Waals surface area contributed by atoms with Crippen LogP contribution in [0.4, 0.5) is 4.79 Å². The first-order valence-electron chi connectivity index (χ1n) is 8.72. The van der Waals surface area contributed by atoms with Gasteiger partial charge in [-0.1, -0.05) is 80.8 Å². The molecule has 1 N–H and O–H groups in total.